The number of benzene rings is 1. The van der Waals surface area contributed by atoms with Crippen LogP contribution in [-0.4, -0.2) is 5.78 Å². The highest BCUT2D eigenvalue weighted by atomic mass is 16.1. The van der Waals surface area contributed by atoms with Gasteiger partial charge in [-0.05, 0) is 55.4 Å². The Morgan fingerprint density at radius 1 is 1.05 bits per heavy atom. The molecule has 102 valence electrons. The molecule has 0 radical (unpaired) electrons. The van der Waals surface area contributed by atoms with Crippen LogP contribution in [0.25, 0.3) is 0 Å². The van der Waals surface area contributed by atoms with Gasteiger partial charge in [0.2, 0.25) is 0 Å². The van der Waals surface area contributed by atoms with E-state index < -0.39 is 0 Å². The summed E-state index contributed by atoms with van der Waals surface area (Å²) in [6, 6.07) is 7.81. The van der Waals surface area contributed by atoms with Crippen molar-refractivity contribution in [2.45, 2.75) is 51.4 Å². The molecule has 0 fully saturated rings. The van der Waals surface area contributed by atoms with Crippen LogP contribution in [0.5, 0.6) is 0 Å². The molecular formula is C17H23NO. The van der Waals surface area contributed by atoms with Crippen molar-refractivity contribution < 1.29 is 4.79 Å². The van der Waals surface area contributed by atoms with Crippen molar-refractivity contribution >= 4 is 11.5 Å². The zero-order chi connectivity index (χ0) is 13.5. The number of nitrogens with two attached hydrogens (primary N) is 1. The maximum atomic E-state index is 12.2. The normalized spacial score (nSPS) is 19.1. The van der Waals surface area contributed by atoms with E-state index in [1.54, 1.807) is 0 Å². The largest absolute Gasteiger partial charge is 0.399 e. The van der Waals surface area contributed by atoms with Crippen LogP contribution in [0.1, 0.15) is 50.5 Å². The van der Waals surface area contributed by atoms with E-state index in [0.29, 0.717) is 12.2 Å². The van der Waals surface area contributed by atoms with Gasteiger partial charge in [-0.1, -0.05) is 31.1 Å². The number of allylic oxidation sites excluding steroid dienone is 2. The maximum absolute atomic E-state index is 12.2. The van der Waals surface area contributed by atoms with Crippen LogP contribution < -0.4 is 5.73 Å². The number of ketones is 1. The van der Waals surface area contributed by atoms with E-state index in [1.165, 1.54) is 31.2 Å². The molecule has 0 saturated heterocycles. The van der Waals surface area contributed by atoms with Crippen LogP contribution in [0, 0.1) is 0 Å². The molecule has 0 aliphatic heterocycles. The van der Waals surface area contributed by atoms with E-state index in [-0.39, 0.29) is 0 Å². The first-order valence-corrected chi connectivity index (χ1v) is 7.32. The lowest BCUT2D eigenvalue weighted by atomic mass is 9.94. The Kier molecular flexibility index (Phi) is 5.20. The number of hydrogen-bond donors (Lipinski definition) is 1. The monoisotopic (exact) mass is 257 g/mol. The summed E-state index contributed by atoms with van der Waals surface area (Å²) in [6.07, 6.45) is 10.6. The second-order valence-corrected chi connectivity index (χ2v) is 5.35. The second kappa shape index (κ2) is 7.13. The molecule has 0 bridgehead atoms. The summed E-state index contributed by atoms with van der Waals surface area (Å²) in [5.41, 5.74) is 8.69. The highest BCUT2D eigenvalue weighted by molar-refractivity contribution is 5.95. The predicted octanol–water partition coefficient (Wildman–Crippen LogP) is 4.05. The molecule has 2 N–H and O–H groups in total. The maximum Gasteiger partial charge on any atom is 0.158 e. The van der Waals surface area contributed by atoms with Crippen LogP contribution in [0.2, 0.25) is 0 Å². The van der Waals surface area contributed by atoms with Crippen molar-refractivity contribution in [3.63, 3.8) is 0 Å². The molecule has 0 heterocycles. The summed E-state index contributed by atoms with van der Waals surface area (Å²) in [7, 11) is 0. The molecule has 0 atom stereocenters. The van der Waals surface area contributed by atoms with Crippen molar-refractivity contribution in [2.24, 2.45) is 0 Å². The molecule has 0 amide bonds. The number of aryl methyl sites for hydroxylation is 1. The molecule has 0 spiro atoms. The average molecular weight is 257 g/mol. The van der Waals surface area contributed by atoms with Crippen LogP contribution in [0.3, 0.4) is 0 Å². The first-order valence-electron chi connectivity index (χ1n) is 7.32. The summed E-state index contributed by atoms with van der Waals surface area (Å²) < 4.78 is 0. The van der Waals surface area contributed by atoms with E-state index in [0.717, 1.165) is 30.5 Å². The Hall–Kier alpha value is -1.57. The number of Topliss-reactive ketones (excluding diaryl/α,β-unsaturated/α-hetero) is 1. The number of carbonyl (C=O) groups is 1. The minimum Gasteiger partial charge on any atom is -0.399 e. The third-order valence-electron chi connectivity index (χ3n) is 3.77. The van der Waals surface area contributed by atoms with Crippen molar-refractivity contribution in [2.75, 3.05) is 5.73 Å². The lowest BCUT2D eigenvalue weighted by molar-refractivity contribution is -0.115. The van der Waals surface area contributed by atoms with Gasteiger partial charge in [0.1, 0.15) is 0 Å². The zero-order valence-corrected chi connectivity index (χ0v) is 11.5. The topological polar surface area (TPSA) is 43.1 Å². The summed E-state index contributed by atoms with van der Waals surface area (Å²) >= 11 is 0. The van der Waals surface area contributed by atoms with E-state index in [2.05, 4.69) is 6.08 Å². The fourth-order valence-electron chi connectivity index (χ4n) is 2.55. The number of nitrogen functional groups attached to an aromatic ring is 1. The molecule has 1 aliphatic carbocycles. The lowest BCUT2D eigenvalue weighted by Crippen LogP contribution is -2.06. The molecule has 19 heavy (non-hydrogen) atoms. The van der Waals surface area contributed by atoms with Gasteiger partial charge in [-0.25, -0.2) is 0 Å². The molecule has 2 nitrogen and oxygen atoms in total. The SMILES string of the molecule is Nc1ccc(CCC(=O)/C2=C/CCCCCC2)cc1. The highest BCUT2D eigenvalue weighted by Crippen LogP contribution is 2.19. The van der Waals surface area contributed by atoms with Crippen LogP contribution >= 0.6 is 0 Å². The summed E-state index contributed by atoms with van der Waals surface area (Å²) in [5, 5.41) is 0. The smallest absolute Gasteiger partial charge is 0.158 e. The molecule has 2 heteroatoms. The van der Waals surface area contributed by atoms with Gasteiger partial charge in [-0.3, -0.25) is 4.79 Å². The zero-order valence-electron chi connectivity index (χ0n) is 11.5. The van der Waals surface area contributed by atoms with Gasteiger partial charge < -0.3 is 5.73 Å². The first kappa shape index (κ1) is 13.9. The van der Waals surface area contributed by atoms with Crippen molar-refractivity contribution in [1.29, 1.82) is 0 Å². The lowest BCUT2D eigenvalue weighted by Gasteiger charge is -2.10. The van der Waals surface area contributed by atoms with E-state index in [9.17, 15) is 4.79 Å². The van der Waals surface area contributed by atoms with Gasteiger partial charge in [-0.2, -0.15) is 0 Å². The van der Waals surface area contributed by atoms with Gasteiger partial charge in [0.15, 0.2) is 5.78 Å². The van der Waals surface area contributed by atoms with Crippen LogP contribution in [0.15, 0.2) is 35.9 Å². The van der Waals surface area contributed by atoms with Gasteiger partial charge >= 0.3 is 0 Å². The number of anilines is 1. The minimum atomic E-state index is 0.332. The minimum absolute atomic E-state index is 0.332. The third-order valence-corrected chi connectivity index (χ3v) is 3.77. The van der Waals surface area contributed by atoms with Crippen LogP contribution in [-0.2, 0) is 11.2 Å². The van der Waals surface area contributed by atoms with Crippen LogP contribution in [0.4, 0.5) is 5.69 Å². The fourth-order valence-corrected chi connectivity index (χ4v) is 2.55. The Morgan fingerprint density at radius 3 is 2.58 bits per heavy atom. The standard InChI is InChI=1S/C17H23NO/c18-16-11-8-14(9-12-16)10-13-17(19)15-6-4-2-1-3-5-7-15/h6,8-9,11-12H,1-5,7,10,13,18H2/b15-6+. The van der Waals surface area contributed by atoms with E-state index >= 15 is 0 Å². The highest BCUT2D eigenvalue weighted by Gasteiger charge is 2.10. The van der Waals surface area contributed by atoms with Crippen molar-refractivity contribution in [1.82, 2.24) is 0 Å². The van der Waals surface area contributed by atoms with Crippen molar-refractivity contribution in [3.8, 4) is 0 Å². The molecular weight excluding hydrogens is 234 g/mol. The van der Waals surface area contributed by atoms with Gasteiger partial charge in [0, 0.05) is 12.1 Å². The Bertz CT molecular complexity index is 445. The number of hydrogen-bond acceptors (Lipinski definition) is 2. The molecule has 0 aromatic heterocycles. The fraction of sp³-hybridized carbons (Fsp3) is 0.471. The van der Waals surface area contributed by atoms with E-state index in [1.807, 2.05) is 24.3 Å². The number of rotatable bonds is 4. The summed E-state index contributed by atoms with van der Waals surface area (Å²) in [5.74, 6) is 0.332. The Balaban J connectivity index is 1.87. The second-order valence-electron chi connectivity index (χ2n) is 5.35. The van der Waals surface area contributed by atoms with Crippen molar-refractivity contribution in [3.05, 3.63) is 41.5 Å². The molecule has 2 rings (SSSR count). The molecule has 1 aliphatic rings. The van der Waals surface area contributed by atoms with E-state index in [4.69, 9.17) is 5.73 Å². The molecule has 1 aromatic rings. The average Bonchev–Trinajstić information content (AvgIpc) is 2.37. The summed E-state index contributed by atoms with van der Waals surface area (Å²) in [4.78, 5) is 12.2. The predicted molar refractivity (Wildman–Crippen MR) is 80.0 cm³/mol. The third kappa shape index (κ3) is 4.55. The first-order chi connectivity index (χ1) is 9.25. The molecule has 0 unspecified atom stereocenters. The van der Waals surface area contributed by atoms with Gasteiger partial charge in [0.05, 0.1) is 0 Å². The van der Waals surface area contributed by atoms with Gasteiger partial charge in [0.25, 0.3) is 0 Å². The summed E-state index contributed by atoms with van der Waals surface area (Å²) in [6.45, 7) is 0. The number of carbonyl (C=O) groups excluding carboxylic acids is 1. The van der Waals surface area contributed by atoms with Gasteiger partial charge in [-0.15, -0.1) is 0 Å². The molecule has 1 aromatic carbocycles. The molecule has 0 saturated carbocycles. The Morgan fingerprint density at radius 2 is 1.79 bits per heavy atom. The quantitative estimate of drug-likeness (QED) is 0.827. The Labute approximate surface area is 115 Å².